The zero-order valence-electron chi connectivity index (χ0n) is 14.2. The molecule has 0 spiro atoms. The second-order valence-corrected chi connectivity index (χ2v) is 5.53. The van der Waals surface area contributed by atoms with Crippen molar-refractivity contribution < 1.29 is 4.79 Å². The van der Waals surface area contributed by atoms with E-state index in [0.29, 0.717) is 35.7 Å². The molecule has 0 unspecified atom stereocenters. The van der Waals surface area contributed by atoms with E-state index in [4.69, 9.17) is 5.26 Å². The molecule has 0 radical (unpaired) electrons. The number of nitrogens with zero attached hydrogens (tertiary/aromatic N) is 6. The molecule has 0 aliphatic rings. The number of hydrogen-bond donors (Lipinski definition) is 1. The van der Waals surface area contributed by atoms with Crippen molar-refractivity contribution in [1.29, 1.82) is 5.26 Å². The van der Waals surface area contributed by atoms with Crippen LogP contribution in [0.3, 0.4) is 0 Å². The van der Waals surface area contributed by atoms with E-state index in [1.807, 2.05) is 18.0 Å². The van der Waals surface area contributed by atoms with Gasteiger partial charge in [-0.2, -0.15) is 20.3 Å². The van der Waals surface area contributed by atoms with Crippen molar-refractivity contribution in [3.05, 3.63) is 66.1 Å². The van der Waals surface area contributed by atoms with Gasteiger partial charge in [0.15, 0.2) is 0 Å². The normalized spacial score (nSPS) is 10.2. The molecule has 3 aromatic rings. The van der Waals surface area contributed by atoms with Crippen molar-refractivity contribution >= 4 is 11.7 Å². The molecule has 0 saturated heterocycles. The molecule has 8 heteroatoms. The van der Waals surface area contributed by atoms with Gasteiger partial charge in [-0.05, 0) is 24.3 Å². The van der Waals surface area contributed by atoms with Crippen LogP contribution >= 0.6 is 0 Å². The van der Waals surface area contributed by atoms with Crippen LogP contribution in [0.4, 0.5) is 5.82 Å². The number of benzene rings is 1. The number of nitrogens with one attached hydrogen (secondary N) is 1. The van der Waals surface area contributed by atoms with E-state index in [1.165, 1.54) is 4.80 Å². The smallest absolute Gasteiger partial charge is 0.253 e. The highest BCUT2D eigenvalue weighted by Gasteiger charge is 2.13. The maximum atomic E-state index is 12.5. The van der Waals surface area contributed by atoms with Crippen molar-refractivity contribution in [3.8, 4) is 11.8 Å². The van der Waals surface area contributed by atoms with Gasteiger partial charge in [-0.1, -0.05) is 12.1 Å². The lowest BCUT2D eigenvalue weighted by atomic mass is 10.1. The summed E-state index contributed by atoms with van der Waals surface area (Å²) in [5.74, 6) is 0.476. The summed E-state index contributed by atoms with van der Waals surface area (Å²) in [5, 5.41) is 20.0. The lowest BCUT2D eigenvalue weighted by Crippen LogP contribution is -2.33. The fourth-order valence-electron chi connectivity index (χ4n) is 2.42. The average Bonchev–Trinajstić information content (AvgIpc) is 3.22. The predicted octanol–water partition coefficient (Wildman–Crippen LogP) is 1.40. The summed E-state index contributed by atoms with van der Waals surface area (Å²) in [4.78, 5) is 20.0. The number of aromatic nitrogens is 4. The average molecular weight is 347 g/mol. The van der Waals surface area contributed by atoms with Crippen LogP contribution in [0.15, 0.2) is 55.0 Å². The minimum atomic E-state index is -0.204. The summed E-state index contributed by atoms with van der Waals surface area (Å²) < 4.78 is 0. The molecule has 1 N–H and O–H groups in total. The molecule has 130 valence electrons. The summed E-state index contributed by atoms with van der Waals surface area (Å²) >= 11 is 0. The summed E-state index contributed by atoms with van der Waals surface area (Å²) in [5.41, 5.74) is 1.66. The molecule has 0 atom stereocenters. The Labute approximate surface area is 150 Å². The van der Waals surface area contributed by atoms with E-state index in [9.17, 15) is 4.79 Å². The van der Waals surface area contributed by atoms with Gasteiger partial charge in [-0.25, -0.2) is 4.98 Å². The Morgan fingerprint density at radius 3 is 2.77 bits per heavy atom. The Hall–Kier alpha value is -3.73. The highest BCUT2D eigenvalue weighted by molar-refractivity contribution is 5.97. The van der Waals surface area contributed by atoms with Crippen molar-refractivity contribution in [2.75, 3.05) is 25.0 Å². The number of hydrogen-bond acceptors (Lipinski definition) is 6. The maximum absolute atomic E-state index is 12.5. The topological polar surface area (TPSA) is 99.7 Å². The van der Waals surface area contributed by atoms with Gasteiger partial charge in [0.25, 0.3) is 5.91 Å². The van der Waals surface area contributed by atoms with Gasteiger partial charge in [0.1, 0.15) is 5.82 Å². The third-order valence-electron chi connectivity index (χ3n) is 3.78. The van der Waals surface area contributed by atoms with Crippen LogP contribution in [0.1, 0.15) is 15.9 Å². The second kappa shape index (κ2) is 7.90. The lowest BCUT2D eigenvalue weighted by Gasteiger charge is -2.18. The van der Waals surface area contributed by atoms with Crippen molar-refractivity contribution in [2.24, 2.45) is 0 Å². The van der Waals surface area contributed by atoms with Crippen molar-refractivity contribution in [3.63, 3.8) is 0 Å². The minimum absolute atomic E-state index is 0.204. The van der Waals surface area contributed by atoms with Gasteiger partial charge < -0.3 is 10.2 Å². The zero-order valence-corrected chi connectivity index (χ0v) is 14.2. The zero-order chi connectivity index (χ0) is 18.4. The fourth-order valence-corrected chi connectivity index (χ4v) is 2.42. The Morgan fingerprint density at radius 2 is 2.00 bits per heavy atom. The van der Waals surface area contributed by atoms with Crippen LogP contribution in [0, 0.1) is 11.3 Å². The Kier molecular flexibility index (Phi) is 5.19. The molecule has 2 aromatic heterocycles. The molecule has 3 rings (SSSR count). The summed E-state index contributed by atoms with van der Waals surface area (Å²) in [6.07, 6.45) is 4.72. The molecule has 26 heavy (non-hydrogen) atoms. The molecular weight excluding hydrogens is 330 g/mol. The number of carbonyl (C=O) groups excluding carboxylic acids is 1. The van der Waals surface area contributed by atoms with Crippen LogP contribution in [0.2, 0.25) is 0 Å². The van der Waals surface area contributed by atoms with Gasteiger partial charge in [-0.3, -0.25) is 4.79 Å². The molecule has 1 amide bonds. The van der Waals surface area contributed by atoms with Crippen molar-refractivity contribution in [1.82, 2.24) is 25.3 Å². The van der Waals surface area contributed by atoms with E-state index in [0.717, 1.165) is 0 Å². The first kappa shape index (κ1) is 17.1. The maximum Gasteiger partial charge on any atom is 0.253 e. The first-order valence-electron chi connectivity index (χ1n) is 8.00. The number of rotatable bonds is 6. The minimum Gasteiger partial charge on any atom is -0.358 e. The highest BCUT2D eigenvalue weighted by Crippen LogP contribution is 2.12. The van der Waals surface area contributed by atoms with E-state index in [-0.39, 0.29) is 5.91 Å². The van der Waals surface area contributed by atoms with Crippen LogP contribution in [0.5, 0.6) is 0 Å². The molecule has 8 nitrogen and oxygen atoms in total. The standard InChI is InChI=1S/C18H17N7O/c1-24(17-12-14(13-19)6-7-20-17)11-10-21-18(26)15-4-2-3-5-16(15)25-22-8-9-23-25/h2-9,12H,10-11H2,1H3,(H,21,26). The van der Waals surface area contributed by atoms with Crippen LogP contribution in [-0.2, 0) is 0 Å². The van der Waals surface area contributed by atoms with E-state index in [2.05, 4.69) is 26.6 Å². The van der Waals surface area contributed by atoms with Gasteiger partial charge in [0.2, 0.25) is 0 Å². The third-order valence-corrected chi connectivity index (χ3v) is 3.78. The molecule has 0 bridgehead atoms. The molecule has 1 aromatic carbocycles. The van der Waals surface area contributed by atoms with E-state index >= 15 is 0 Å². The number of pyridine rings is 1. The van der Waals surface area contributed by atoms with Gasteiger partial charge in [-0.15, -0.1) is 0 Å². The molecule has 0 saturated carbocycles. The van der Waals surface area contributed by atoms with Gasteiger partial charge in [0, 0.05) is 26.3 Å². The third kappa shape index (κ3) is 3.84. The summed E-state index contributed by atoms with van der Waals surface area (Å²) in [7, 11) is 1.86. The summed E-state index contributed by atoms with van der Waals surface area (Å²) in [6, 6.07) is 12.6. The summed E-state index contributed by atoms with van der Waals surface area (Å²) in [6.45, 7) is 0.977. The highest BCUT2D eigenvalue weighted by atomic mass is 16.1. The van der Waals surface area contributed by atoms with E-state index in [1.54, 1.807) is 48.9 Å². The van der Waals surface area contributed by atoms with Crippen LogP contribution < -0.4 is 10.2 Å². The second-order valence-electron chi connectivity index (χ2n) is 5.53. The Bertz CT molecular complexity index is 931. The molecular formula is C18H17N7O. The van der Waals surface area contributed by atoms with Gasteiger partial charge >= 0.3 is 0 Å². The van der Waals surface area contributed by atoms with E-state index < -0.39 is 0 Å². The SMILES string of the molecule is CN(CCNC(=O)c1ccccc1-n1nccn1)c1cc(C#N)ccn1. The van der Waals surface area contributed by atoms with Crippen LogP contribution in [-0.4, -0.2) is 46.0 Å². The first-order chi connectivity index (χ1) is 12.7. The molecule has 0 fully saturated rings. The Balaban J connectivity index is 1.62. The lowest BCUT2D eigenvalue weighted by molar-refractivity contribution is 0.0954. The quantitative estimate of drug-likeness (QED) is 0.723. The fraction of sp³-hybridized carbons (Fsp3) is 0.167. The number of para-hydroxylation sites is 1. The molecule has 0 aliphatic heterocycles. The number of likely N-dealkylation sites (N-methyl/N-ethyl adjacent to an activating group) is 1. The number of anilines is 1. The molecule has 2 heterocycles. The first-order valence-corrected chi connectivity index (χ1v) is 8.00. The largest absolute Gasteiger partial charge is 0.358 e. The predicted molar refractivity (Wildman–Crippen MR) is 95.9 cm³/mol. The Morgan fingerprint density at radius 1 is 1.23 bits per heavy atom. The van der Waals surface area contributed by atoms with Crippen molar-refractivity contribution in [2.45, 2.75) is 0 Å². The number of nitriles is 1. The number of carbonyl (C=O) groups is 1. The molecule has 0 aliphatic carbocycles. The van der Waals surface area contributed by atoms with Gasteiger partial charge in [0.05, 0.1) is 35.3 Å². The number of amides is 1. The monoisotopic (exact) mass is 347 g/mol. The van der Waals surface area contributed by atoms with Crippen LogP contribution in [0.25, 0.3) is 5.69 Å².